The van der Waals surface area contributed by atoms with Gasteiger partial charge in [-0.05, 0) is 66.5 Å². The molecule has 1 fully saturated rings. The molecule has 1 aromatic heterocycles. The van der Waals surface area contributed by atoms with Gasteiger partial charge in [0.2, 0.25) is 0 Å². The van der Waals surface area contributed by atoms with Crippen LogP contribution in [0.4, 0.5) is 5.82 Å². The van der Waals surface area contributed by atoms with Gasteiger partial charge in [0.1, 0.15) is 11.6 Å². The van der Waals surface area contributed by atoms with Crippen LogP contribution < -0.4 is 43.7 Å². The number of carbonyl (C=O) groups is 1. The normalized spacial score (nSPS) is 13.4. The largest absolute Gasteiger partial charge is 1.00 e. The number of pyridine rings is 1. The van der Waals surface area contributed by atoms with Gasteiger partial charge in [-0.15, -0.1) is 0 Å². The van der Waals surface area contributed by atoms with Crippen molar-refractivity contribution in [3.8, 4) is 5.75 Å². The molecule has 0 radical (unpaired) electrons. The molecular formula is C29H27N2NaO5S. The van der Waals surface area contributed by atoms with Gasteiger partial charge in [0.25, 0.3) is 10.0 Å². The molecule has 4 aromatic rings. The summed E-state index contributed by atoms with van der Waals surface area (Å²) in [5, 5.41) is 13.0. The molecule has 3 aromatic carbocycles. The number of aryl methyl sites for hydroxylation is 1. The zero-order valence-electron chi connectivity index (χ0n) is 21.5. The van der Waals surface area contributed by atoms with Crippen molar-refractivity contribution in [2.75, 3.05) is 10.9 Å². The van der Waals surface area contributed by atoms with Gasteiger partial charge in [-0.2, -0.15) is 0 Å². The Morgan fingerprint density at radius 3 is 2.34 bits per heavy atom. The van der Waals surface area contributed by atoms with Gasteiger partial charge in [0.05, 0.1) is 24.0 Å². The molecule has 0 saturated heterocycles. The fraction of sp³-hybridized carbons (Fsp3) is 0.241. The van der Waals surface area contributed by atoms with E-state index < -0.39 is 16.0 Å². The average molecular weight is 539 g/mol. The third-order valence-corrected chi connectivity index (χ3v) is 8.65. The Labute approximate surface area is 244 Å². The van der Waals surface area contributed by atoms with Gasteiger partial charge in [-0.3, -0.25) is 0 Å². The Bertz CT molecular complexity index is 1540. The Morgan fingerprint density at radius 2 is 1.71 bits per heavy atom. The Kier molecular flexibility index (Phi) is 8.78. The van der Waals surface area contributed by atoms with E-state index >= 15 is 0 Å². The number of ether oxygens (including phenoxy) is 1. The SMILES string of the molecule is Cc1c(N(Cc2ccc(OCC3CCC3)cc2)S(=O)(=O)c2ccc(C(=O)[O-])cc2)ncc2ccccc12.[Na+]. The molecule has 1 saturated carbocycles. The number of carbonyl (C=O) groups excluding carboxylic acids is 1. The molecule has 0 unspecified atom stereocenters. The second-order valence-corrected chi connectivity index (χ2v) is 11.2. The van der Waals surface area contributed by atoms with Gasteiger partial charge in [0.15, 0.2) is 0 Å². The number of rotatable bonds is 9. The number of benzene rings is 3. The fourth-order valence-electron chi connectivity index (χ4n) is 4.44. The van der Waals surface area contributed by atoms with Crippen molar-refractivity contribution in [1.82, 2.24) is 4.98 Å². The molecule has 1 aliphatic carbocycles. The Morgan fingerprint density at radius 1 is 1.03 bits per heavy atom. The molecule has 9 heteroatoms. The molecule has 7 nitrogen and oxygen atoms in total. The van der Waals surface area contributed by atoms with Crippen LogP contribution in [-0.4, -0.2) is 26.0 Å². The zero-order chi connectivity index (χ0) is 26.0. The predicted molar refractivity (Wildman–Crippen MR) is 140 cm³/mol. The molecule has 0 spiro atoms. The standard InChI is InChI=1S/C29H28N2O5S.Na/c1-20-27-8-3-2-7-24(27)17-30-28(20)31(37(34,35)26-15-11-23(12-16-26)29(32)33)18-21-9-13-25(14-10-21)36-19-22-5-4-6-22;/h2-3,7-17,22H,4-6,18-19H2,1H3,(H,32,33);/q;+1/p-1. The minimum absolute atomic E-state index is 0. The van der Waals surface area contributed by atoms with Gasteiger partial charge in [0, 0.05) is 17.1 Å². The number of sulfonamides is 1. The van der Waals surface area contributed by atoms with E-state index in [0.717, 1.165) is 27.6 Å². The molecule has 0 bridgehead atoms. The summed E-state index contributed by atoms with van der Waals surface area (Å²) < 4.78 is 34.9. The first kappa shape index (κ1) is 28.1. The quantitative estimate of drug-likeness (QED) is 0.300. The number of aromatic nitrogens is 1. The summed E-state index contributed by atoms with van der Waals surface area (Å²) in [4.78, 5) is 15.7. The van der Waals surface area contributed by atoms with Crippen LogP contribution >= 0.6 is 0 Å². The maximum atomic E-state index is 13.9. The summed E-state index contributed by atoms with van der Waals surface area (Å²) in [6.45, 7) is 2.59. The van der Waals surface area contributed by atoms with Crippen molar-refractivity contribution in [3.05, 3.63) is 95.7 Å². The van der Waals surface area contributed by atoms with Crippen molar-refractivity contribution in [2.24, 2.45) is 5.92 Å². The van der Waals surface area contributed by atoms with E-state index in [1.165, 1.54) is 47.8 Å². The van der Waals surface area contributed by atoms with Crippen LogP contribution in [0.5, 0.6) is 5.75 Å². The van der Waals surface area contributed by atoms with Gasteiger partial charge in [-0.25, -0.2) is 17.7 Å². The first-order valence-electron chi connectivity index (χ1n) is 12.2. The maximum absolute atomic E-state index is 13.9. The number of carboxylic acid groups (broad SMARTS) is 1. The summed E-state index contributed by atoms with van der Waals surface area (Å²) in [6.07, 6.45) is 5.33. The van der Waals surface area contributed by atoms with Crippen LogP contribution in [0.25, 0.3) is 10.8 Å². The number of hydrogen-bond acceptors (Lipinski definition) is 6. The predicted octanol–water partition coefficient (Wildman–Crippen LogP) is 1.49. The van der Waals surface area contributed by atoms with Crippen LogP contribution in [0.15, 0.2) is 83.9 Å². The zero-order valence-corrected chi connectivity index (χ0v) is 24.3. The van der Waals surface area contributed by atoms with E-state index in [4.69, 9.17) is 4.74 Å². The van der Waals surface area contributed by atoms with Crippen molar-refractivity contribution in [3.63, 3.8) is 0 Å². The third kappa shape index (κ3) is 5.89. The molecule has 0 aliphatic heterocycles. The minimum atomic E-state index is -4.09. The molecule has 0 N–H and O–H groups in total. The van der Waals surface area contributed by atoms with Crippen LogP contribution in [0.1, 0.15) is 40.7 Å². The molecule has 190 valence electrons. The van der Waals surface area contributed by atoms with E-state index in [-0.39, 0.29) is 46.6 Å². The van der Waals surface area contributed by atoms with E-state index in [1.54, 1.807) is 6.20 Å². The molecule has 0 atom stereocenters. The van der Waals surface area contributed by atoms with E-state index in [2.05, 4.69) is 4.98 Å². The van der Waals surface area contributed by atoms with E-state index in [1.807, 2.05) is 55.5 Å². The second-order valence-electron chi connectivity index (χ2n) is 9.37. The van der Waals surface area contributed by atoms with Crippen LogP contribution in [0.2, 0.25) is 0 Å². The van der Waals surface area contributed by atoms with Crippen molar-refractivity contribution >= 4 is 32.6 Å². The van der Waals surface area contributed by atoms with Crippen LogP contribution in [0, 0.1) is 12.8 Å². The second kappa shape index (κ2) is 11.9. The number of nitrogens with zero attached hydrogens (tertiary/aromatic N) is 2. The van der Waals surface area contributed by atoms with Gasteiger partial charge >= 0.3 is 29.6 Å². The van der Waals surface area contributed by atoms with Crippen LogP contribution in [0.3, 0.4) is 0 Å². The van der Waals surface area contributed by atoms with E-state index in [9.17, 15) is 18.3 Å². The van der Waals surface area contributed by atoms with E-state index in [0.29, 0.717) is 18.3 Å². The maximum Gasteiger partial charge on any atom is 1.00 e. The Balaban J connectivity index is 0.00000336. The molecule has 1 aliphatic rings. The summed E-state index contributed by atoms with van der Waals surface area (Å²) in [5.74, 6) is 0.314. The Hall–Kier alpha value is -2.91. The first-order valence-corrected chi connectivity index (χ1v) is 13.7. The smallest absolute Gasteiger partial charge is 0.545 e. The van der Waals surface area contributed by atoms with Crippen molar-refractivity contribution < 1.29 is 52.6 Å². The molecule has 0 amide bonds. The number of anilines is 1. The number of aromatic carboxylic acids is 1. The topological polar surface area (TPSA) is 99.6 Å². The number of fused-ring (bicyclic) bond motifs is 1. The molecule has 5 rings (SSSR count). The average Bonchev–Trinajstić information content (AvgIpc) is 2.88. The summed E-state index contributed by atoms with van der Waals surface area (Å²) in [6, 6.07) is 20.1. The molecule has 38 heavy (non-hydrogen) atoms. The monoisotopic (exact) mass is 538 g/mol. The number of hydrogen-bond donors (Lipinski definition) is 0. The van der Waals surface area contributed by atoms with Crippen molar-refractivity contribution in [1.29, 1.82) is 0 Å². The van der Waals surface area contributed by atoms with Crippen LogP contribution in [-0.2, 0) is 16.6 Å². The summed E-state index contributed by atoms with van der Waals surface area (Å²) >= 11 is 0. The minimum Gasteiger partial charge on any atom is -0.545 e. The third-order valence-electron chi connectivity index (χ3n) is 6.90. The summed E-state index contributed by atoms with van der Waals surface area (Å²) in [5.41, 5.74) is 1.40. The van der Waals surface area contributed by atoms with Crippen molar-refractivity contribution in [2.45, 2.75) is 37.6 Å². The molecule has 1 heterocycles. The van der Waals surface area contributed by atoms with Gasteiger partial charge < -0.3 is 14.6 Å². The van der Waals surface area contributed by atoms with Gasteiger partial charge in [-0.1, -0.05) is 55.0 Å². The fourth-order valence-corrected chi connectivity index (χ4v) is 5.91. The summed E-state index contributed by atoms with van der Waals surface area (Å²) in [7, 11) is -4.09. The number of carboxylic acids is 1. The molecular weight excluding hydrogens is 511 g/mol. The first-order chi connectivity index (χ1) is 17.8.